The van der Waals surface area contributed by atoms with Crippen molar-refractivity contribution in [2.24, 2.45) is 0 Å². The molecule has 1 rings (SSSR count). The molecule has 0 radical (unpaired) electrons. The molecule has 0 aliphatic heterocycles. The summed E-state index contributed by atoms with van der Waals surface area (Å²) in [6.07, 6.45) is 0. The van der Waals surface area contributed by atoms with Gasteiger partial charge in [0.2, 0.25) is 0 Å². The van der Waals surface area contributed by atoms with Gasteiger partial charge < -0.3 is 0 Å². The predicted octanol–water partition coefficient (Wildman–Crippen LogP) is 1.35. The number of nitrogens with zero attached hydrogens (tertiary/aromatic N) is 1. The van der Waals surface area contributed by atoms with Gasteiger partial charge in [-0.1, -0.05) is 0 Å². The molecular weight excluding hydrogens is 292 g/mol. The molecule has 0 aliphatic rings. The van der Waals surface area contributed by atoms with Crippen LogP contribution in [0.3, 0.4) is 0 Å². The SMILES string of the molecule is Cc1ccc([Se]CC[Se]C#N)cc1. The van der Waals surface area contributed by atoms with E-state index >= 15 is 0 Å². The Labute approximate surface area is 91.8 Å². The minimum absolute atomic E-state index is 0.215. The van der Waals surface area contributed by atoms with Crippen LogP contribution in [-0.4, -0.2) is 29.9 Å². The molecule has 0 atom stereocenters. The summed E-state index contributed by atoms with van der Waals surface area (Å²) in [6, 6.07) is 8.72. The molecular formula is C10H11NSe2. The molecule has 0 N–H and O–H groups in total. The van der Waals surface area contributed by atoms with Crippen LogP contribution in [0.5, 0.6) is 0 Å². The average Bonchev–Trinajstić information content (AvgIpc) is 2.15. The van der Waals surface area contributed by atoms with Crippen LogP contribution in [0.1, 0.15) is 5.56 Å². The second-order valence-electron chi connectivity index (χ2n) is 2.60. The fourth-order valence-electron chi connectivity index (χ4n) is 0.881. The van der Waals surface area contributed by atoms with Crippen LogP contribution in [0.2, 0.25) is 10.6 Å². The van der Waals surface area contributed by atoms with Crippen LogP contribution >= 0.6 is 0 Å². The second-order valence-corrected chi connectivity index (χ2v) is 6.90. The van der Waals surface area contributed by atoms with E-state index in [9.17, 15) is 0 Å². The zero-order valence-corrected chi connectivity index (χ0v) is 10.9. The maximum atomic E-state index is 8.38. The van der Waals surface area contributed by atoms with Crippen LogP contribution in [0, 0.1) is 17.2 Å². The van der Waals surface area contributed by atoms with E-state index in [1.54, 1.807) is 0 Å². The van der Waals surface area contributed by atoms with E-state index in [4.69, 9.17) is 5.26 Å². The molecule has 0 amide bonds. The van der Waals surface area contributed by atoms with Crippen LogP contribution in [0.15, 0.2) is 24.3 Å². The summed E-state index contributed by atoms with van der Waals surface area (Å²) in [6.45, 7) is 2.11. The summed E-state index contributed by atoms with van der Waals surface area (Å²) in [5.74, 6) is 0. The molecule has 0 bridgehead atoms. The Morgan fingerprint density at radius 1 is 1.23 bits per heavy atom. The molecule has 0 aromatic heterocycles. The molecule has 68 valence electrons. The van der Waals surface area contributed by atoms with Crippen LogP contribution in [0.25, 0.3) is 0 Å². The van der Waals surface area contributed by atoms with Crippen molar-refractivity contribution in [1.29, 1.82) is 5.26 Å². The van der Waals surface area contributed by atoms with Crippen molar-refractivity contribution in [2.75, 3.05) is 0 Å². The molecule has 0 spiro atoms. The van der Waals surface area contributed by atoms with Crippen molar-refractivity contribution in [3.05, 3.63) is 29.8 Å². The molecule has 13 heavy (non-hydrogen) atoms. The van der Waals surface area contributed by atoms with Gasteiger partial charge in [0, 0.05) is 0 Å². The van der Waals surface area contributed by atoms with E-state index in [2.05, 4.69) is 36.2 Å². The molecule has 1 aromatic rings. The Balaban J connectivity index is 2.30. The van der Waals surface area contributed by atoms with Gasteiger partial charge in [-0.2, -0.15) is 0 Å². The van der Waals surface area contributed by atoms with E-state index in [-0.39, 0.29) is 15.0 Å². The number of hydrogen-bond acceptors (Lipinski definition) is 1. The van der Waals surface area contributed by atoms with Gasteiger partial charge in [-0.15, -0.1) is 0 Å². The normalized spacial score (nSPS) is 9.54. The Morgan fingerprint density at radius 2 is 1.92 bits per heavy atom. The zero-order chi connectivity index (χ0) is 9.52. The van der Waals surface area contributed by atoms with Gasteiger partial charge in [0.25, 0.3) is 0 Å². The van der Waals surface area contributed by atoms with Gasteiger partial charge in [0.05, 0.1) is 0 Å². The first-order chi connectivity index (χ1) is 6.33. The van der Waals surface area contributed by atoms with E-state index in [0.717, 1.165) is 5.32 Å². The quantitative estimate of drug-likeness (QED) is 0.608. The summed E-state index contributed by atoms with van der Waals surface area (Å²) in [7, 11) is 0. The number of rotatable bonds is 4. The van der Waals surface area contributed by atoms with Crippen LogP contribution < -0.4 is 4.46 Å². The first-order valence-electron chi connectivity index (χ1n) is 4.03. The van der Waals surface area contributed by atoms with Gasteiger partial charge in [-0.25, -0.2) is 0 Å². The maximum absolute atomic E-state index is 8.38. The third-order valence-corrected chi connectivity index (χ3v) is 6.10. The van der Waals surface area contributed by atoms with Gasteiger partial charge in [-0.05, 0) is 0 Å². The third kappa shape index (κ3) is 4.50. The van der Waals surface area contributed by atoms with Crippen LogP contribution in [-0.2, 0) is 0 Å². The second kappa shape index (κ2) is 6.24. The summed E-state index contributed by atoms with van der Waals surface area (Å²) >= 11 is 0.790. The summed E-state index contributed by atoms with van der Waals surface area (Å²) in [5, 5.41) is 10.7. The fraction of sp³-hybridized carbons (Fsp3) is 0.300. The van der Waals surface area contributed by atoms with Crippen molar-refractivity contribution in [3.8, 4) is 4.97 Å². The third-order valence-electron chi connectivity index (χ3n) is 1.54. The van der Waals surface area contributed by atoms with E-state index in [1.165, 1.54) is 15.3 Å². The first kappa shape index (κ1) is 10.8. The van der Waals surface area contributed by atoms with E-state index < -0.39 is 0 Å². The average molecular weight is 303 g/mol. The van der Waals surface area contributed by atoms with Crippen molar-refractivity contribution < 1.29 is 0 Å². The summed E-state index contributed by atoms with van der Waals surface area (Å²) in [5.41, 5.74) is 1.32. The van der Waals surface area contributed by atoms with Crippen molar-refractivity contribution in [2.45, 2.75) is 17.6 Å². The topological polar surface area (TPSA) is 23.8 Å². The molecule has 0 aliphatic carbocycles. The van der Waals surface area contributed by atoms with Gasteiger partial charge >= 0.3 is 92.0 Å². The Bertz CT molecular complexity index is 287. The number of nitriles is 1. The van der Waals surface area contributed by atoms with Crippen molar-refractivity contribution in [1.82, 2.24) is 0 Å². The predicted molar refractivity (Wildman–Crippen MR) is 57.5 cm³/mol. The molecule has 0 fully saturated rings. The first-order valence-corrected chi connectivity index (χ1v) is 8.17. The van der Waals surface area contributed by atoms with Crippen molar-refractivity contribution in [3.63, 3.8) is 0 Å². The minimum atomic E-state index is 0.215. The molecule has 0 unspecified atom stereocenters. The van der Waals surface area contributed by atoms with Crippen LogP contribution in [0.4, 0.5) is 0 Å². The van der Waals surface area contributed by atoms with E-state index in [1.807, 2.05) is 0 Å². The molecule has 1 aromatic carbocycles. The van der Waals surface area contributed by atoms with Gasteiger partial charge in [0.1, 0.15) is 0 Å². The fourth-order valence-corrected chi connectivity index (χ4v) is 4.42. The molecule has 0 heterocycles. The van der Waals surface area contributed by atoms with Crippen molar-refractivity contribution >= 4 is 34.4 Å². The number of hydrogen-bond donors (Lipinski definition) is 0. The number of aryl methyl sites for hydroxylation is 1. The zero-order valence-electron chi connectivity index (χ0n) is 7.49. The molecule has 0 saturated carbocycles. The standard InChI is InChI=1S/C10H11NSe2/c1-9-2-4-10(5-3-9)13-7-6-12-8-11/h2-5H,6-7H2,1H3. The molecule has 1 nitrogen and oxygen atoms in total. The Hall–Kier alpha value is -0.251. The van der Waals surface area contributed by atoms with E-state index in [0.29, 0.717) is 15.0 Å². The summed E-state index contributed by atoms with van der Waals surface area (Å²) in [4.78, 5) is 2.24. The Kier molecular flexibility index (Phi) is 5.20. The molecule has 3 heteroatoms. The number of benzene rings is 1. The van der Waals surface area contributed by atoms with Gasteiger partial charge in [-0.3, -0.25) is 0 Å². The monoisotopic (exact) mass is 305 g/mol. The molecule has 0 saturated heterocycles. The van der Waals surface area contributed by atoms with Gasteiger partial charge in [0.15, 0.2) is 0 Å². The summed E-state index contributed by atoms with van der Waals surface area (Å²) < 4.78 is 1.45. The Morgan fingerprint density at radius 3 is 2.54 bits per heavy atom.